The Balaban J connectivity index is 1.83. The van der Waals surface area contributed by atoms with Gasteiger partial charge >= 0.3 is 0 Å². The highest BCUT2D eigenvalue weighted by Gasteiger charge is 2.13. The quantitative estimate of drug-likeness (QED) is 0.794. The number of hydrogen-bond acceptors (Lipinski definition) is 4. The van der Waals surface area contributed by atoms with Crippen molar-refractivity contribution in [2.75, 3.05) is 44.1 Å². The summed E-state index contributed by atoms with van der Waals surface area (Å²) in [7, 11) is -3.54. The topological polar surface area (TPSA) is 70.7 Å². The van der Waals surface area contributed by atoms with Gasteiger partial charge in [-0.15, -0.1) is 0 Å². The molecule has 6 nitrogen and oxygen atoms in total. The van der Waals surface area contributed by atoms with Crippen molar-refractivity contribution >= 4 is 15.9 Å². The van der Waals surface area contributed by atoms with E-state index in [0.717, 1.165) is 18.7 Å². The molecule has 0 saturated carbocycles. The molecule has 1 aromatic carbocycles. The van der Waals surface area contributed by atoms with Crippen LogP contribution < -0.4 is 9.44 Å². The molecular weight excluding hydrogens is 302 g/mol. The Morgan fingerprint density at radius 3 is 2.68 bits per heavy atom. The van der Waals surface area contributed by atoms with E-state index in [0.29, 0.717) is 37.9 Å². The van der Waals surface area contributed by atoms with E-state index in [-0.39, 0.29) is 0 Å². The minimum atomic E-state index is -3.54. The maximum atomic E-state index is 12.1. The summed E-state index contributed by atoms with van der Waals surface area (Å²) >= 11 is 0. The fourth-order valence-electron chi connectivity index (χ4n) is 2.32. The van der Waals surface area contributed by atoms with E-state index in [9.17, 15) is 8.42 Å². The van der Waals surface area contributed by atoms with Crippen molar-refractivity contribution in [3.05, 3.63) is 29.8 Å². The summed E-state index contributed by atoms with van der Waals surface area (Å²) < 4.78 is 34.5. The summed E-state index contributed by atoms with van der Waals surface area (Å²) in [6.07, 6.45) is 0. The van der Waals surface area contributed by atoms with Gasteiger partial charge in [-0.3, -0.25) is 9.62 Å². The van der Waals surface area contributed by atoms with Gasteiger partial charge in [0.05, 0.1) is 18.9 Å². The van der Waals surface area contributed by atoms with Gasteiger partial charge in [-0.25, -0.2) is 0 Å². The molecule has 7 heteroatoms. The molecule has 124 valence electrons. The van der Waals surface area contributed by atoms with Crippen molar-refractivity contribution in [3.8, 4) is 0 Å². The highest BCUT2D eigenvalue weighted by atomic mass is 32.2. The average molecular weight is 327 g/mol. The molecule has 2 N–H and O–H groups in total. The lowest BCUT2D eigenvalue weighted by molar-refractivity contribution is 0.0390. The van der Waals surface area contributed by atoms with Gasteiger partial charge in [0.2, 0.25) is 0 Å². The SMILES string of the molecule is CC(C)c1cccc(NS(=O)(=O)NCCN2CCOCC2)c1. The lowest BCUT2D eigenvalue weighted by Crippen LogP contribution is -2.42. The Morgan fingerprint density at radius 2 is 2.00 bits per heavy atom. The predicted molar refractivity (Wildman–Crippen MR) is 88.3 cm³/mol. The van der Waals surface area contributed by atoms with Crippen LogP contribution in [0.4, 0.5) is 5.69 Å². The molecule has 0 amide bonds. The summed E-state index contributed by atoms with van der Waals surface area (Å²) in [4.78, 5) is 2.19. The second-order valence-electron chi connectivity index (χ2n) is 5.73. The molecule has 0 aliphatic carbocycles. The maximum Gasteiger partial charge on any atom is 0.299 e. The highest BCUT2D eigenvalue weighted by molar-refractivity contribution is 7.90. The summed E-state index contributed by atoms with van der Waals surface area (Å²) in [6, 6.07) is 7.48. The fraction of sp³-hybridized carbons (Fsp3) is 0.600. The van der Waals surface area contributed by atoms with Crippen LogP contribution in [0, 0.1) is 0 Å². The van der Waals surface area contributed by atoms with Crippen LogP contribution in [0.5, 0.6) is 0 Å². The molecule has 0 atom stereocenters. The smallest absolute Gasteiger partial charge is 0.299 e. The Bertz CT molecular complexity index is 569. The average Bonchev–Trinajstić information content (AvgIpc) is 2.48. The number of rotatable bonds is 7. The number of anilines is 1. The Labute approximate surface area is 133 Å². The molecule has 1 aliphatic heterocycles. The van der Waals surface area contributed by atoms with E-state index in [4.69, 9.17) is 4.74 Å². The number of ether oxygens (including phenoxy) is 1. The van der Waals surface area contributed by atoms with Gasteiger partial charge in [-0.2, -0.15) is 13.1 Å². The van der Waals surface area contributed by atoms with E-state index in [1.54, 1.807) is 6.07 Å². The van der Waals surface area contributed by atoms with E-state index in [1.807, 2.05) is 18.2 Å². The minimum absolute atomic E-state index is 0.360. The van der Waals surface area contributed by atoms with Gasteiger partial charge in [0.1, 0.15) is 0 Å². The van der Waals surface area contributed by atoms with Crippen molar-refractivity contribution in [3.63, 3.8) is 0 Å². The standard InChI is InChI=1S/C15H25N3O3S/c1-13(2)14-4-3-5-15(12-14)17-22(19,20)16-6-7-18-8-10-21-11-9-18/h3-5,12-13,16-17H,6-11H2,1-2H3. The zero-order valence-electron chi connectivity index (χ0n) is 13.2. The van der Waals surface area contributed by atoms with Gasteiger partial charge in [-0.1, -0.05) is 26.0 Å². The summed E-state index contributed by atoms with van der Waals surface area (Å²) in [5, 5.41) is 0. The monoisotopic (exact) mass is 327 g/mol. The fourth-order valence-corrected chi connectivity index (χ4v) is 3.18. The first-order chi connectivity index (χ1) is 10.5. The zero-order chi connectivity index (χ0) is 16.0. The molecule has 0 unspecified atom stereocenters. The Morgan fingerprint density at radius 1 is 1.27 bits per heavy atom. The van der Waals surface area contributed by atoms with Crippen LogP contribution in [0.2, 0.25) is 0 Å². The summed E-state index contributed by atoms with van der Waals surface area (Å²) in [6.45, 7) is 8.37. The van der Waals surface area contributed by atoms with E-state index in [1.165, 1.54) is 0 Å². The van der Waals surface area contributed by atoms with Gasteiger partial charge in [0.25, 0.3) is 10.2 Å². The third-order valence-corrected chi connectivity index (χ3v) is 4.72. The second kappa shape index (κ2) is 7.92. The van der Waals surface area contributed by atoms with Crippen LogP contribution in [0.25, 0.3) is 0 Å². The largest absolute Gasteiger partial charge is 0.379 e. The highest BCUT2D eigenvalue weighted by Crippen LogP contribution is 2.18. The molecule has 1 heterocycles. The number of benzene rings is 1. The predicted octanol–water partition coefficient (Wildman–Crippen LogP) is 1.39. The van der Waals surface area contributed by atoms with Gasteiger partial charge < -0.3 is 4.74 Å². The number of hydrogen-bond donors (Lipinski definition) is 2. The minimum Gasteiger partial charge on any atom is -0.379 e. The first kappa shape index (κ1) is 17.2. The normalized spacial score (nSPS) is 16.9. The number of nitrogens with one attached hydrogen (secondary N) is 2. The van der Waals surface area contributed by atoms with Crippen molar-refractivity contribution in [2.24, 2.45) is 0 Å². The first-order valence-corrected chi connectivity index (χ1v) is 9.12. The molecule has 0 spiro atoms. The first-order valence-electron chi connectivity index (χ1n) is 7.64. The molecule has 1 aromatic rings. The van der Waals surface area contributed by atoms with Gasteiger partial charge in [-0.05, 0) is 23.6 Å². The number of nitrogens with zero attached hydrogens (tertiary/aromatic N) is 1. The third kappa shape index (κ3) is 5.57. The van der Waals surface area contributed by atoms with Crippen LogP contribution in [0.3, 0.4) is 0 Å². The lowest BCUT2D eigenvalue weighted by atomic mass is 10.0. The molecule has 0 radical (unpaired) electrons. The molecule has 1 fully saturated rings. The van der Waals surface area contributed by atoms with Crippen molar-refractivity contribution in [1.82, 2.24) is 9.62 Å². The van der Waals surface area contributed by atoms with Gasteiger partial charge in [0, 0.05) is 26.2 Å². The molecular formula is C15H25N3O3S. The van der Waals surface area contributed by atoms with Crippen LogP contribution >= 0.6 is 0 Å². The van der Waals surface area contributed by atoms with Crippen LogP contribution in [0.1, 0.15) is 25.3 Å². The Kier molecular flexibility index (Phi) is 6.19. The summed E-state index contributed by atoms with van der Waals surface area (Å²) in [5.41, 5.74) is 1.69. The van der Waals surface area contributed by atoms with Crippen LogP contribution in [-0.2, 0) is 14.9 Å². The molecule has 1 aliphatic rings. The Hall–Kier alpha value is -1.15. The van der Waals surface area contributed by atoms with Crippen molar-refractivity contribution in [2.45, 2.75) is 19.8 Å². The molecule has 0 aromatic heterocycles. The second-order valence-corrected chi connectivity index (χ2v) is 7.23. The number of morpholine rings is 1. The van der Waals surface area contributed by atoms with Crippen molar-refractivity contribution in [1.29, 1.82) is 0 Å². The molecule has 1 saturated heterocycles. The molecule has 22 heavy (non-hydrogen) atoms. The van der Waals surface area contributed by atoms with Crippen LogP contribution in [0.15, 0.2) is 24.3 Å². The molecule has 2 rings (SSSR count). The van der Waals surface area contributed by atoms with E-state index < -0.39 is 10.2 Å². The van der Waals surface area contributed by atoms with Crippen LogP contribution in [-0.4, -0.2) is 52.7 Å². The van der Waals surface area contributed by atoms with E-state index >= 15 is 0 Å². The lowest BCUT2D eigenvalue weighted by Gasteiger charge is -2.26. The van der Waals surface area contributed by atoms with E-state index in [2.05, 4.69) is 28.2 Å². The van der Waals surface area contributed by atoms with Crippen molar-refractivity contribution < 1.29 is 13.2 Å². The maximum absolute atomic E-state index is 12.1. The third-order valence-electron chi connectivity index (χ3n) is 3.63. The molecule has 0 bridgehead atoms. The summed E-state index contributed by atoms with van der Waals surface area (Å²) in [5.74, 6) is 0.360. The van der Waals surface area contributed by atoms with Gasteiger partial charge in [0.15, 0.2) is 0 Å². The zero-order valence-corrected chi connectivity index (χ0v) is 14.0.